The van der Waals surface area contributed by atoms with Crippen molar-refractivity contribution in [2.45, 2.75) is 18.8 Å². The number of ether oxygens (including phenoxy) is 1. The molecule has 0 atom stereocenters. The fourth-order valence-electron chi connectivity index (χ4n) is 2.84. The molecule has 0 saturated carbocycles. The number of carbonyl (C=O) groups is 2. The molecule has 4 nitrogen and oxygen atoms in total. The molecule has 2 aromatic rings. The summed E-state index contributed by atoms with van der Waals surface area (Å²) in [6.45, 7) is 0. The molecule has 2 amide bonds. The van der Waals surface area contributed by atoms with Crippen molar-refractivity contribution in [3.8, 4) is 5.75 Å². The molecular formula is C18H15ClFNO3. The summed E-state index contributed by atoms with van der Waals surface area (Å²) in [5, 5.41) is -0.120. The van der Waals surface area contributed by atoms with Crippen molar-refractivity contribution in [1.29, 1.82) is 0 Å². The largest absolute Gasteiger partial charge is 0.497 e. The summed E-state index contributed by atoms with van der Waals surface area (Å²) in [6.07, 6.45) is 0.403. The number of amides is 2. The van der Waals surface area contributed by atoms with Crippen LogP contribution in [0.3, 0.4) is 0 Å². The van der Waals surface area contributed by atoms with Gasteiger partial charge in [-0.25, -0.2) is 4.39 Å². The minimum atomic E-state index is -0.589. The summed E-state index contributed by atoms with van der Waals surface area (Å²) in [5.41, 5.74) is 1.21. The summed E-state index contributed by atoms with van der Waals surface area (Å²) in [5.74, 6) is -0.698. The van der Waals surface area contributed by atoms with Crippen molar-refractivity contribution in [3.63, 3.8) is 0 Å². The number of carbonyl (C=O) groups excluding carboxylic acids is 2. The second kappa shape index (κ2) is 6.61. The van der Waals surface area contributed by atoms with Crippen LogP contribution < -0.4 is 9.64 Å². The van der Waals surface area contributed by atoms with Crippen molar-refractivity contribution < 1.29 is 18.7 Å². The van der Waals surface area contributed by atoms with Gasteiger partial charge >= 0.3 is 0 Å². The van der Waals surface area contributed by atoms with E-state index in [0.29, 0.717) is 5.69 Å². The van der Waals surface area contributed by atoms with Crippen LogP contribution in [0.25, 0.3) is 0 Å². The lowest BCUT2D eigenvalue weighted by Gasteiger charge is -2.30. The van der Waals surface area contributed by atoms with Gasteiger partial charge in [0.15, 0.2) is 0 Å². The van der Waals surface area contributed by atoms with Gasteiger partial charge in [0.1, 0.15) is 11.6 Å². The van der Waals surface area contributed by atoms with Crippen LogP contribution in [-0.2, 0) is 9.59 Å². The number of nitrogens with zero attached hydrogens (tertiary/aromatic N) is 1. The van der Waals surface area contributed by atoms with Crippen LogP contribution in [0.1, 0.15) is 24.3 Å². The molecule has 1 fully saturated rings. The molecule has 0 aromatic heterocycles. The minimum absolute atomic E-state index is 0.120. The third-order valence-corrected chi connectivity index (χ3v) is 4.38. The number of rotatable bonds is 3. The van der Waals surface area contributed by atoms with Crippen LogP contribution in [-0.4, -0.2) is 18.9 Å². The molecule has 0 unspecified atom stereocenters. The van der Waals surface area contributed by atoms with Gasteiger partial charge in [0.05, 0.1) is 17.8 Å². The Morgan fingerprint density at radius 1 is 1.08 bits per heavy atom. The number of hydrogen-bond acceptors (Lipinski definition) is 3. The van der Waals surface area contributed by atoms with Gasteiger partial charge in [-0.15, -0.1) is 0 Å². The minimum Gasteiger partial charge on any atom is -0.497 e. The molecule has 1 aliphatic heterocycles. The molecule has 1 aliphatic rings. The molecule has 24 heavy (non-hydrogen) atoms. The van der Waals surface area contributed by atoms with Crippen LogP contribution in [0.5, 0.6) is 5.75 Å². The third-order valence-electron chi connectivity index (χ3n) is 4.09. The van der Waals surface area contributed by atoms with E-state index in [0.717, 1.165) is 22.3 Å². The molecule has 2 aromatic carbocycles. The van der Waals surface area contributed by atoms with Crippen molar-refractivity contribution in [1.82, 2.24) is 0 Å². The number of piperidine rings is 1. The van der Waals surface area contributed by atoms with Gasteiger partial charge < -0.3 is 4.74 Å². The molecule has 0 N–H and O–H groups in total. The van der Waals surface area contributed by atoms with Crippen LogP contribution in [0.2, 0.25) is 5.02 Å². The third kappa shape index (κ3) is 3.12. The average Bonchev–Trinajstić information content (AvgIpc) is 2.57. The van der Waals surface area contributed by atoms with Crippen LogP contribution in [0, 0.1) is 5.82 Å². The van der Waals surface area contributed by atoms with Crippen LogP contribution >= 0.6 is 11.6 Å². The summed E-state index contributed by atoms with van der Waals surface area (Å²) < 4.78 is 18.4. The van der Waals surface area contributed by atoms with Crippen molar-refractivity contribution >= 4 is 29.1 Å². The Labute approximate surface area is 143 Å². The number of anilines is 1. The van der Waals surface area contributed by atoms with Gasteiger partial charge in [-0.1, -0.05) is 23.7 Å². The maximum atomic E-state index is 13.3. The number of halogens is 2. The number of imide groups is 1. The maximum Gasteiger partial charge on any atom is 0.234 e. The highest BCUT2D eigenvalue weighted by Gasteiger charge is 2.34. The highest BCUT2D eigenvalue weighted by molar-refractivity contribution is 6.31. The molecule has 124 valence electrons. The van der Waals surface area contributed by atoms with E-state index in [4.69, 9.17) is 16.3 Å². The van der Waals surface area contributed by atoms with Crippen LogP contribution in [0.4, 0.5) is 10.1 Å². The van der Waals surface area contributed by atoms with Crippen molar-refractivity contribution in [3.05, 3.63) is 58.9 Å². The molecule has 3 rings (SSSR count). The van der Waals surface area contributed by atoms with E-state index in [1.807, 2.05) is 12.1 Å². The molecule has 1 heterocycles. The second-order valence-corrected chi connectivity index (χ2v) is 6.01. The Bertz CT molecular complexity index is 773. The molecule has 1 saturated heterocycles. The standard InChI is InChI=1S/C18H15ClFNO3/c1-24-14-5-2-11(3-6-14)12-8-17(22)21(18(23)9-12)13-4-7-16(20)15(19)10-13/h2-7,10,12H,8-9H2,1H3. The maximum absolute atomic E-state index is 13.3. The van der Waals surface area contributed by atoms with E-state index in [1.54, 1.807) is 19.2 Å². The van der Waals surface area contributed by atoms with E-state index in [2.05, 4.69) is 0 Å². The van der Waals surface area contributed by atoms with E-state index in [-0.39, 0.29) is 35.6 Å². The summed E-state index contributed by atoms with van der Waals surface area (Å²) in [6, 6.07) is 11.1. The predicted molar refractivity (Wildman–Crippen MR) is 88.9 cm³/mol. The second-order valence-electron chi connectivity index (χ2n) is 5.60. The van der Waals surface area contributed by atoms with E-state index in [1.165, 1.54) is 12.1 Å². The Morgan fingerprint density at radius 2 is 1.71 bits per heavy atom. The SMILES string of the molecule is COc1ccc(C2CC(=O)N(c3ccc(F)c(Cl)c3)C(=O)C2)cc1. The summed E-state index contributed by atoms with van der Waals surface area (Å²) in [4.78, 5) is 26.0. The molecule has 6 heteroatoms. The normalized spacial score (nSPS) is 15.7. The zero-order chi connectivity index (χ0) is 17.3. The Morgan fingerprint density at radius 3 is 2.25 bits per heavy atom. The quantitative estimate of drug-likeness (QED) is 0.790. The van der Waals surface area contributed by atoms with Gasteiger partial charge in [-0.2, -0.15) is 0 Å². The first-order valence-electron chi connectivity index (χ1n) is 7.44. The first-order chi connectivity index (χ1) is 11.5. The molecular weight excluding hydrogens is 333 g/mol. The average molecular weight is 348 g/mol. The summed E-state index contributed by atoms with van der Waals surface area (Å²) >= 11 is 5.75. The van der Waals surface area contributed by atoms with Crippen LogP contribution in [0.15, 0.2) is 42.5 Å². The van der Waals surface area contributed by atoms with Gasteiger partial charge in [0.25, 0.3) is 0 Å². The first kappa shape index (κ1) is 16.5. The lowest BCUT2D eigenvalue weighted by Crippen LogP contribution is -2.42. The fourth-order valence-corrected chi connectivity index (χ4v) is 3.01. The lowest BCUT2D eigenvalue weighted by atomic mass is 9.88. The van der Waals surface area contributed by atoms with Gasteiger partial charge in [-0.3, -0.25) is 14.5 Å². The molecule has 0 spiro atoms. The molecule has 0 bridgehead atoms. The topological polar surface area (TPSA) is 46.6 Å². The highest BCUT2D eigenvalue weighted by Crippen LogP contribution is 2.34. The van der Waals surface area contributed by atoms with Gasteiger partial charge in [0, 0.05) is 18.8 Å². The number of hydrogen-bond donors (Lipinski definition) is 0. The highest BCUT2D eigenvalue weighted by atomic mass is 35.5. The zero-order valence-electron chi connectivity index (χ0n) is 13.0. The first-order valence-corrected chi connectivity index (χ1v) is 7.82. The van der Waals surface area contributed by atoms with Crippen molar-refractivity contribution in [2.24, 2.45) is 0 Å². The van der Waals surface area contributed by atoms with Gasteiger partial charge in [0.2, 0.25) is 11.8 Å². The smallest absolute Gasteiger partial charge is 0.234 e. The van der Waals surface area contributed by atoms with E-state index in [9.17, 15) is 14.0 Å². The fraction of sp³-hybridized carbons (Fsp3) is 0.222. The lowest BCUT2D eigenvalue weighted by molar-refractivity contribution is -0.129. The summed E-state index contributed by atoms with van der Waals surface area (Å²) in [7, 11) is 1.58. The Hall–Kier alpha value is -2.40. The van der Waals surface area contributed by atoms with E-state index >= 15 is 0 Å². The number of benzene rings is 2. The molecule has 0 radical (unpaired) electrons. The van der Waals surface area contributed by atoms with Gasteiger partial charge in [-0.05, 0) is 35.9 Å². The number of methoxy groups -OCH3 is 1. The van der Waals surface area contributed by atoms with Crippen molar-refractivity contribution in [2.75, 3.05) is 12.0 Å². The monoisotopic (exact) mass is 347 g/mol. The predicted octanol–water partition coefficient (Wildman–Crippen LogP) is 3.92. The molecule has 0 aliphatic carbocycles. The Balaban J connectivity index is 1.82. The zero-order valence-corrected chi connectivity index (χ0v) is 13.7. The van der Waals surface area contributed by atoms with E-state index < -0.39 is 5.82 Å². The Kier molecular flexibility index (Phi) is 4.53.